The van der Waals surface area contributed by atoms with Gasteiger partial charge in [0.1, 0.15) is 17.7 Å². The molecule has 1 fully saturated rings. The summed E-state index contributed by atoms with van der Waals surface area (Å²) < 4.78 is 38.5. The molecule has 1 aliphatic rings. The van der Waals surface area contributed by atoms with Crippen molar-refractivity contribution in [2.45, 2.75) is 6.18 Å². The molecule has 3 heterocycles. The van der Waals surface area contributed by atoms with E-state index >= 15 is 0 Å². The molecule has 0 amide bonds. The van der Waals surface area contributed by atoms with E-state index in [1.807, 2.05) is 9.80 Å². The number of pyridine rings is 2. The molecule has 2 aromatic heterocycles. The van der Waals surface area contributed by atoms with Crippen LogP contribution in [0.4, 0.5) is 24.8 Å². The fourth-order valence-electron chi connectivity index (χ4n) is 2.65. The predicted octanol–water partition coefficient (Wildman–Crippen LogP) is 3.46. The molecule has 9 heteroatoms. The van der Waals surface area contributed by atoms with Gasteiger partial charge >= 0.3 is 6.18 Å². The van der Waals surface area contributed by atoms with E-state index in [1.165, 1.54) is 6.07 Å². The van der Waals surface area contributed by atoms with E-state index in [-0.39, 0.29) is 0 Å². The number of hydrogen-bond donors (Lipinski definition) is 0. The Morgan fingerprint density at radius 3 is 2.28 bits per heavy atom. The van der Waals surface area contributed by atoms with Crippen LogP contribution in [0, 0.1) is 11.3 Å². The third-order valence-corrected chi connectivity index (χ3v) is 4.37. The summed E-state index contributed by atoms with van der Waals surface area (Å²) in [6.45, 7) is 2.37. The maximum absolute atomic E-state index is 12.6. The minimum Gasteiger partial charge on any atom is -0.353 e. The van der Waals surface area contributed by atoms with Crippen molar-refractivity contribution in [1.82, 2.24) is 9.97 Å². The van der Waals surface area contributed by atoms with Crippen molar-refractivity contribution in [3.8, 4) is 6.07 Å². The number of aromatic nitrogens is 2. The Kier molecular flexibility index (Phi) is 4.81. The summed E-state index contributed by atoms with van der Waals surface area (Å²) in [6.07, 6.45) is -1.89. The highest BCUT2D eigenvalue weighted by atomic mass is 79.9. The van der Waals surface area contributed by atoms with Gasteiger partial charge in [0.15, 0.2) is 0 Å². The van der Waals surface area contributed by atoms with Gasteiger partial charge < -0.3 is 9.80 Å². The second kappa shape index (κ2) is 6.88. The second-order valence-corrected chi connectivity index (χ2v) is 6.43. The van der Waals surface area contributed by atoms with E-state index in [0.29, 0.717) is 43.4 Å². The Hall–Kier alpha value is -2.34. The fourth-order valence-corrected chi connectivity index (χ4v) is 2.99. The highest BCUT2D eigenvalue weighted by molar-refractivity contribution is 9.10. The van der Waals surface area contributed by atoms with Crippen molar-refractivity contribution in [1.29, 1.82) is 5.26 Å². The molecule has 2 aromatic rings. The smallest absolute Gasteiger partial charge is 0.353 e. The number of halogens is 4. The van der Waals surface area contributed by atoms with Crippen LogP contribution in [0.3, 0.4) is 0 Å². The lowest BCUT2D eigenvalue weighted by Gasteiger charge is -2.36. The molecule has 0 atom stereocenters. The number of nitriles is 1. The molecular weight excluding hydrogens is 399 g/mol. The lowest BCUT2D eigenvalue weighted by molar-refractivity contribution is -0.137. The van der Waals surface area contributed by atoms with Crippen molar-refractivity contribution < 1.29 is 13.2 Å². The third kappa shape index (κ3) is 3.85. The van der Waals surface area contributed by atoms with Crippen LogP contribution in [0.2, 0.25) is 0 Å². The van der Waals surface area contributed by atoms with Gasteiger partial charge in [0.2, 0.25) is 0 Å². The van der Waals surface area contributed by atoms with Crippen molar-refractivity contribution in [3.63, 3.8) is 0 Å². The summed E-state index contributed by atoms with van der Waals surface area (Å²) in [7, 11) is 0. The molecule has 3 rings (SSSR count). The van der Waals surface area contributed by atoms with Crippen molar-refractivity contribution in [2.24, 2.45) is 0 Å². The highest BCUT2D eigenvalue weighted by Gasteiger charge is 2.31. The molecule has 0 bridgehead atoms. The van der Waals surface area contributed by atoms with Crippen LogP contribution in [0.25, 0.3) is 0 Å². The molecule has 0 N–H and O–H groups in total. The first-order valence-corrected chi connectivity index (χ1v) is 8.26. The summed E-state index contributed by atoms with van der Waals surface area (Å²) in [5, 5.41) is 9.25. The van der Waals surface area contributed by atoms with Crippen LogP contribution in [-0.2, 0) is 6.18 Å². The van der Waals surface area contributed by atoms with Gasteiger partial charge in [0, 0.05) is 43.0 Å². The van der Waals surface area contributed by atoms with E-state index in [1.54, 1.807) is 12.3 Å². The van der Waals surface area contributed by atoms with E-state index < -0.39 is 11.7 Å². The number of rotatable bonds is 2. The topological polar surface area (TPSA) is 56.1 Å². The largest absolute Gasteiger partial charge is 0.417 e. The molecule has 0 unspecified atom stereocenters. The number of piperazine rings is 1. The molecule has 25 heavy (non-hydrogen) atoms. The summed E-state index contributed by atoms with van der Waals surface area (Å²) in [4.78, 5) is 12.1. The Labute approximate surface area is 150 Å². The quantitative estimate of drug-likeness (QED) is 0.757. The average Bonchev–Trinajstić information content (AvgIpc) is 2.61. The van der Waals surface area contributed by atoms with E-state index in [0.717, 1.165) is 16.7 Å². The molecule has 1 aliphatic heterocycles. The van der Waals surface area contributed by atoms with Gasteiger partial charge in [0.25, 0.3) is 0 Å². The molecule has 1 saturated heterocycles. The van der Waals surface area contributed by atoms with Gasteiger partial charge in [-0.1, -0.05) is 0 Å². The van der Waals surface area contributed by atoms with Gasteiger partial charge in [-0.25, -0.2) is 9.97 Å². The average molecular weight is 412 g/mol. The van der Waals surface area contributed by atoms with Gasteiger partial charge in [0.05, 0.1) is 11.1 Å². The molecule has 0 saturated carbocycles. The molecule has 0 aliphatic carbocycles. The third-order valence-electron chi connectivity index (χ3n) is 3.93. The maximum atomic E-state index is 12.6. The lowest BCUT2D eigenvalue weighted by Crippen LogP contribution is -2.47. The SMILES string of the molecule is N#Cc1cc(Br)cnc1N1CCN(c2ccc(C(F)(F)F)cn2)CC1. The maximum Gasteiger partial charge on any atom is 0.417 e. The first-order chi connectivity index (χ1) is 11.9. The molecule has 0 aromatic carbocycles. The monoisotopic (exact) mass is 411 g/mol. The summed E-state index contributed by atoms with van der Waals surface area (Å²) >= 11 is 3.29. The summed E-state index contributed by atoms with van der Waals surface area (Å²) in [5.41, 5.74) is -0.275. The standard InChI is InChI=1S/C16H13BrF3N5/c17-13-7-11(8-21)15(23-10-13)25-5-3-24(4-6-25)14-2-1-12(9-22-14)16(18,19)20/h1-2,7,9-10H,3-6H2. The first-order valence-electron chi connectivity index (χ1n) is 7.47. The van der Waals surface area contributed by atoms with Crippen LogP contribution in [0.1, 0.15) is 11.1 Å². The fraction of sp³-hybridized carbons (Fsp3) is 0.312. The second-order valence-electron chi connectivity index (χ2n) is 5.51. The lowest BCUT2D eigenvalue weighted by atomic mass is 10.2. The summed E-state index contributed by atoms with van der Waals surface area (Å²) in [6, 6.07) is 6.27. The highest BCUT2D eigenvalue weighted by Crippen LogP contribution is 2.30. The van der Waals surface area contributed by atoms with E-state index in [2.05, 4.69) is 32.0 Å². The number of nitrogens with zero attached hydrogens (tertiary/aromatic N) is 5. The zero-order valence-corrected chi connectivity index (χ0v) is 14.5. The Balaban J connectivity index is 1.69. The van der Waals surface area contributed by atoms with Gasteiger partial charge in [-0.05, 0) is 34.1 Å². The van der Waals surface area contributed by atoms with Crippen LogP contribution < -0.4 is 9.80 Å². The Bertz CT molecular complexity index is 793. The molecule has 130 valence electrons. The minimum atomic E-state index is -4.38. The van der Waals surface area contributed by atoms with E-state index in [4.69, 9.17) is 0 Å². The van der Waals surface area contributed by atoms with Crippen LogP contribution in [-0.4, -0.2) is 36.1 Å². The normalized spacial score (nSPS) is 15.2. The van der Waals surface area contributed by atoms with Crippen LogP contribution in [0.15, 0.2) is 35.1 Å². The summed E-state index contributed by atoms with van der Waals surface area (Å²) in [5.74, 6) is 1.13. The van der Waals surface area contributed by atoms with Gasteiger partial charge in [-0.15, -0.1) is 0 Å². The molecule has 5 nitrogen and oxygen atoms in total. The zero-order valence-electron chi connectivity index (χ0n) is 13.0. The zero-order chi connectivity index (χ0) is 18.0. The van der Waals surface area contributed by atoms with Crippen molar-refractivity contribution in [2.75, 3.05) is 36.0 Å². The Morgan fingerprint density at radius 1 is 1.04 bits per heavy atom. The molecule has 0 spiro atoms. The van der Waals surface area contributed by atoms with Gasteiger partial charge in [-0.3, -0.25) is 0 Å². The minimum absolute atomic E-state index is 0.482. The van der Waals surface area contributed by atoms with Gasteiger partial charge in [-0.2, -0.15) is 18.4 Å². The number of alkyl halides is 3. The van der Waals surface area contributed by atoms with Crippen LogP contribution in [0.5, 0.6) is 0 Å². The van der Waals surface area contributed by atoms with Crippen molar-refractivity contribution >= 4 is 27.6 Å². The van der Waals surface area contributed by atoms with Crippen LogP contribution >= 0.6 is 15.9 Å². The number of anilines is 2. The van der Waals surface area contributed by atoms with Crippen molar-refractivity contribution in [3.05, 3.63) is 46.2 Å². The number of hydrogen-bond acceptors (Lipinski definition) is 5. The van der Waals surface area contributed by atoms with E-state index in [9.17, 15) is 18.4 Å². The Morgan fingerprint density at radius 2 is 1.72 bits per heavy atom. The predicted molar refractivity (Wildman–Crippen MR) is 90.3 cm³/mol. The molecule has 0 radical (unpaired) electrons. The first kappa shape index (κ1) is 17.5. The molecular formula is C16H13BrF3N5.